The number of rotatable bonds is 6. The fourth-order valence-electron chi connectivity index (χ4n) is 4.15. The van der Waals surface area contributed by atoms with Gasteiger partial charge in [-0.25, -0.2) is 0 Å². The van der Waals surface area contributed by atoms with Gasteiger partial charge in [0.1, 0.15) is 0 Å². The van der Waals surface area contributed by atoms with Crippen LogP contribution in [-0.4, -0.2) is 40.1 Å². The third-order valence-corrected chi connectivity index (χ3v) is 6.30. The van der Waals surface area contributed by atoms with Crippen LogP contribution in [0.3, 0.4) is 0 Å². The van der Waals surface area contributed by atoms with Crippen LogP contribution in [-0.2, 0) is 9.53 Å². The van der Waals surface area contributed by atoms with Crippen molar-refractivity contribution in [3.05, 3.63) is 81.0 Å². The number of ether oxygens (including phenoxy) is 1. The summed E-state index contributed by atoms with van der Waals surface area (Å²) in [5.41, 5.74) is 2.85. The maximum atomic E-state index is 13.5. The number of nitriles is 1. The van der Waals surface area contributed by atoms with Crippen LogP contribution in [0.5, 0.6) is 0 Å². The van der Waals surface area contributed by atoms with Crippen molar-refractivity contribution in [1.29, 1.82) is 5.26 Å². The highest BCUT2D eigenvalue weighted by Gasteiger charge is 2.35. The number of nitro groups is 1. The molecular formula is C24H23N5O4S. The summed E-state index contributed by atoms with van der Waals surface area (Å²) in [7, 11) is 0. The number of nitrogens with one attached hydrogen (secondary N) is 2. The number of nitrogens with zero attached hydrogens (tertiary/aromatic N) is 3. The van der Waals surface area contributed by atoms with Gasteiger partial charge in [0.15, 0.2) is 5.11 Å². The van der Waals surface area contributed by atoms with Gasteiger partial charge >= 0.3 is 0 Å². The molecule has 1 fully saturated rings. The molecule has 0 spiro atoms. The van der Waals surface area contributed by atoms with E-state index in [0.717, 1.165) is 18.4 Å². The van der Waals surface area contributed by atoms with Gasteiger partial charge in [-0.3, -0.25) is 14.9 Å². The topological polar surface area (TPSA) is 121 Å². The summed E-state index contributed by atoms with van der Waals surface area (Å²) in [6, 6.07) is 14.2. The molecule has 0 aromatic heterocycles. The molecular weight excluding hydrogens is 454 g/mol. The monoisotopic (exact) mass is 477 g/mol. The van der Waals surface area contributed by atoms with Crippen LogP contribution in [0.15, 0.2) is 59.8 Å². The smallest absolute Gasteiger partial charge is 0.269 e. The summed E-state index contributed by atoms with van der Waals surface area (Å²) < 4.78 is 5.77. The molecule has 4 rings (SSSR count). The summed E-state index contributed by atoms with van der Waals surface area (Å²) in [5, 5.41) is 26.7. The van der Waals surface area contributed by atoms with Crippen molar-refractivity contribution >= 4 is 34.6 Å². The first kappa shape index (κ1) is 23.4. The Morgan fingerprint density at radius 2 is 2.00 bits per heavy atom. The molecule has 0 radical (unpaired) electrons. The number of hydrogen-bond donors (Lipinski definition) is 2. The van der Waals surface area contributed by atoms with E-state index >= 15 is 0 Å². The normalized spacial score (nSPS) is 20.0. The van der Waals surface area contributed by atoms with E-state index in [0.29, 0.717) is 40.8 Å². The lowest BCUT2D eigenvalue weighted by Crippen LogP contribution is -2.50. The Kier molecular flexibility index (Phi) is 6.86. The van der Waals surface area contributed by atoms with Crippen LogP contribution in [0, 0.1) is 21.4 Å². The van der Waals surface area contributed by atoms with Crippen LogP contribution in [0.4, 0.5) is 11.4 Å². The van der Waals surface area contributed by atoms with E-state index in [4.69, 9.17) is 22.2 Å². The molecule has 2 aliphatic heterocycles. The van der Waals surface area contributed by atoms with E-state index in [9.17, 15) is 14.9 Å². The molecule has 9 nitrogen and oxygen atoms in total. The fraction of sp³-hybridized carbons (Fsp3) is 0.292. The van der Waals surface area contributed by atoms with Crippen molar-refractivity contribution in [2.24, 2.45) is 0 Å². The first-order chi connectivity index (χ1) is 16.4. The van der Waals surface area contributed by atoms with Gasteiger partial charge in [0.05, 0.1) is 40.8 Å². The molecule has 2 aromatic carbocycles. The Bertz CT molecular complexity index is 1180. The zero-order valence-corrected chi connectivity index (χ0v) is 19.3. The quantitative estimate of drug-likeness (QED) is 0.366. The number of hydrogen-bond acceptors (Lipinski definition) is 6. The van der Waals surface area contributed by atoms with E-state index in [1.165, 1.54) is 24.3 Å². The van der Waals surface area contributed by atoms with Crippen LogP contribution in [0.25, 0.3) is 0 Å². The third kappa shape index (κ3) is 4.90. The minimum atomic E-state index is -0.529. The van der Waals surface area contributed by atoms with Gasteiger partial charge in [0.25, 0.3) is 11.6 Å². The predicted molar refractivity (Wildman–Crippen MR) is 130 cm³/mol. The van der Waals surface area contributed by atoms with Crippen LogP contribution in [0.2, 0.25) is 0 Å². The van der Waals surface area contributed by atoms with Gasteiger partial charge in [-0.15, -0.1) is 0 Å². The summed E-state index contributed by atoms with van der Waals surface area (Å²) >= 11 is 5.65. The van der Waals surface area contributed by atoms with Gasteiger partial charge < -0.3 is 20.3 Å². The second-order valence-corrected chi connectivity index (χ2v) is 8.51. The summed E-state index contributed by atoms with van der Waals surface area (Å²) in [6.07, 6.45) is 1.94. The molecule has 1 amide bonds. The molecule has 0 bridgehead atoms. The van der Waals surface area contributed by atoms with Crippen LogP contribution >= 0.6 is 12.2 Å². The average Bonchev–Trinajstić information content (AvgIpc) is 3.35. The van der Waals surface area contributed by atoms with E-state index < -0.39 is 11.0 Å². The highest BCUT2D eigenvalue weighted by Crippen LogP contribution is 2.32. The van der Waals surface area contributed by atoms with Gasteiger partial charge in [-0.1, -0.05) is 12.1 Å². The van der Waals surface area contributed by atoms with Gasteiger partial charge in [-0.05, 0) is 61.8 Å². The molecule has 2 heterocycles. The van der Waals surface area contributed by atoms with Crippen LogP contribution < -0.4 is 10.6 Å². The molecule has 1 saturated heterocycles. The maximum Gasteiger partial charge on any atom is 0.269 e. The number of benzene rings is 2. The average molecular weight is 478 g/mol. The lowest BCUT2D eigenvalue weighted by molar-refractivity contribution is -0.384. The number of carbonyl (C=O) groups is 1. The second-order valence-electron chi connectivity index (χ2n) is 8.12. The zero-order chi connectivity index (χ0) is 24.2. The lowest BCUT2D eigenvalue weighted by Gasteiger charge is -2.38. The Morgan fingerprint density at radius 3 is 2.59 bits per heavy atom. The van der Waals surface area contributed by atoms with Crippen molar-refractivity contribution in [1.82, 2.24) is 10.2 Å². The van der Waals surface area contributed by atoms with E-state index in [-0.39, 0.29) is 17.7 Å². The molecule has 2 aromatic rings. The molecule has 2 aliphatic rings. The zero-order valence-electron chi connectivity index (χ0n) is 18.5. The van der Waals surface area contributed by atoms with Gasteiger partial charge in [-0.2, -0.15) is 5.26 Å². The maximum absolute atomic E-state index is 13.5. The fourth-order valence-corrected chi connectivity index (χ4v) is 4.48. The van der Waals surface area contributed by atoms with Crippen molar-refractivity contribution in [3.63, 3.8) is 0 Å². The second kappa shape index (κ2) is 9.99. The molecule has 2 unspecified atom stereocenters. The molecule has 174 valence electrons. The number of non-ortho nitro benzene ring substituents is 1. The van der Waals surface area contributed by atoms with Crippen molar-refractivity contribution in [2.45, 2.75) is 31.9 Å². The molecule has 10 heteroatoms. The number of thiocarbonyl (C=S) groups is 1. The van der Waals surface area contributed by atoms with Gasteiger partial charge in [0, 0.05) is 30.1 Å². The Balaban J connectivity index is 1.68. The minimum absolute atomic E-state index is 0.0279. The minimum Gasteiger partial charge on any atom is -0.376 e. The highest BCUT2D eigenvalue weighted by atomic mass is 32.1. The summed E-state index contributed by atoms with van der Waals surface area (Å²) in [4.78, 5) is 25.8. The number of nitro benzene ring substituents is 1. The van der Waals surface area contributed by atoms with Crippen molar-refractivity contribution in [3.8, 4) is 6.07 Å². The van der Waals surface area contributed by atoms with E-state index in [1.54, 1.807) is 24.3 Å². The van der Waals surface area contributed by atoms with Gasteiger partial charge in [0.2, 0.25) is 0 Å². The molecule has 34 heavy (non-hydrogen) atoms. The Morgan fingerprint density at radius 1 is 1.29 bits per heavy atom. The van der Waals surface area contributed by atoms with Crippen molar-refractivity contribution in [2.75, 3.05) is 18.5 Å². The Hall–Kier alpha value is -3.81. The predicted octanol–water partition coefficient (Wildman–Crippen LogP) is 3.79. The van der Waals surface area contributed by atoms with Crippen LogP contribution in [0.1, 0.15) is 36.9 Å². The van der Waals surface area contributed by atoms with E-state index in [1.807, 2.05) is 11.8 Å². The highest BCUT2D eigenvalue weighted by molar-refractivity contribution is 7.80. The first-order valence-electron chi connectivity index (χ1n) is 10.8. The summed E-state index contributed by atoms with van der Waals surface area (Å²) in [5.74, 6) is -0.354. The third-order valence-electron chi connectivity index (χ3n) is 5.96. The number of allylic oxidation sites excluding steroid dienone is 1. The number of anilines is 1. The largest absolute Gasteiger partial charge is 0.376 e. The van der Waals surface area contributed by atoms with Crippen molar-refractivity contribution < 1.29 is 14.5 Å². The molecule has 2 N–H and O–H groups in total. The number of amides is 1. The number of carbonyl (C=O) groups excluding carboxylic acids is 1. The summed E-state index contributed by atoms with van der Waals surface area (Å²) in [6.45, 7) is 3.10. The molecule has 0 aliphatic carbocycles. The SMILES string of the molecule is CC1=C(C(=O)Nc2ccc([N+](=O)[O-])cc2)C(c2ccc(C#N)cc2)NC(=S)N1CC1CCCO1. The first-order valence-corrected chi connectivity index (χ1v) is 11.2. The molecule has 2 atom stereocenters. The molecule has 0 saturated carbocycles. The lowest BCUT2D eigenvalue weighted by atomic mass is 9.93. The standard InChI is InChI=1S/C24H23N5O4S/c1-15-21(23(30)26-18-8-10-19(11-9-18)29(31)32)22(17-6-4-16(13-25)5-7-17)27-24(34)28(15)14-20-3-2-12-33-20/h4-11,20,22H,2-3,12,14H2,1H3,(H,26,30)(H,27,34). The Labute approximate surface area is 202 Å². The van der Waals surface area contributed by atoms with E-state index in [2.05, 4.69) is 16.7 Å².